The van der Waals surface area contributed by atoms with Crippen LogP contribution >= 0.6 is 0 Å². The van der Waals surface area contributed by atoms with Gasteiger partial charge in [0.1, 0.15) is 0 Å². The Kier molecular flexibility index (Phi) is 4.22. The first-order valence-corrected chi connectivity index (χ1v) is 6.85. The van der Waals surface area contributed by atoms with Crippen LogP contribution < -0.4 is 5.73 Å². The van der Waals surface area contributed by atoms with Gasteiger partial charge in [-0.25, -0.2) is 0 Å². The van der Waals surface area contributed by atoms with E-state index in [0.29, 0.717) is 5.41 Å². The number of nitrogens with two attached hydrogens (primary N) is 1. The van der Waals surface area contributed by atoms with Crippen molar-refractivity contribution in [3.8, 4) is 0 Å². The van der Waals surface area contributed by atoms with Crippen LogP contribution in [0.4, 0.5) is 0 Å². The third kappa shape index (κ3) is 2.96. The number of nitrogens with zero attached hydrogens (tertiary/aromatic N) is 1. The maximum absolute atomic E-state index is 9.69. The van der Waals surface area contributed by atoms with Crippen LogP contribution in [0.25, 0.3) is 0 Å². The molecule has 0 aromatic rings. The van der Waals surface area contributed by atoms with Crippen molar-refractivity contribution in [1.29, 1.82) is 0 Å². The Morgan fingerprint density at radius 1 is 1.19 bits per heavy atom. The van der Waals surface area contributed by atoms with E-state index in [2.05, 4.69) is 4.90 Å². The summed E-state index contributed by atoms with van der Waals surface area (Å²) in [5.74, 6) is 0. The van der Waals surface area contributed by atoms with E-state index in [1.807, 2.05) is 0 Å². The fourth-order valence-corrected chi connectivity index (χ4v) is 3.38. The minimum atomic E-state index is -0.104. The van der Waals surface area contributed by atoms with Crippen molar-refractivity contribution in [1.82, 2.24) is 4.90 Å². The third-order valence-corrected chi connectivity index (χ3v) is 4.39. The smallest absolute Gasteiger partial charge is 0.0667 e. The SMILES string of the molecule is NCC1(CN2CCCC(O)C2)CCCCC1. The lowest BCUT2D eigenvalue weighted by molar-refractivity contribution is 0.0337. The van der Waals surface area contributed by atoms with Crippen molar-refractivity contribution in [3.05, 3.63) is 0 Å². The van der Waals surface area contributed by atoms with Crippen LogP contribution in [0.15, 0.2) is 0 Å². The summed E-state index contributed by atoms with van der Waals surface area (Å²) in [6.07, 6.45) is 8.65. The van der Waals surface area contributed by atoms with Gasteiger partial charge in [0, 0.05) is 13.1 Å². The Balaban J connectivity index is 1.89. The summed E-state index contributed by atoms with van der Waals surface area (Å²) in [6.45, 7) is 3.95. The molecule has 0 spiro atoms. The van der Waals surface area contributed by atoms with Crippen molar-refractivity contribution in [3.63, 3.8) is 0 Å². The van der Waals surface area contributed by atoms with Gasteiger partial charge in [0.2, 0.25) is 0 Å². The van der Waals surface area contributed by atoms with E-state index >= 15 is 0 Å². The van der Waals surface area contributed by atoms with Crippen LogP contribution in [0.5, 0.6) is 0 Å². The molecule has 1 atom stereocenters. The van der Waals surface area contributed by atoms with E-state index in [1.54, 1.807) is 0 Å². The molecule has 0 radical (unpaired) electrons. The normalized spacial score (nSPS) is 31.5. The van der Waals surface area contributed by atoms with Gasteiger partial charge < -0.3 is 15.7 Å². The number of hydrogen-bond acceptors (Lipinski definition) is 3. The van der Waals surface area contributed by atoms with E-state index in [0.717, 1.165) is 39.0 Å². The van der Waals surface area contributed by atoms with Crippen LogP contribution in [0.1, 0.15) is 44.9 Å². The predicted octanol–water partition coefficient (Wildman–Crippen LogP) is 1.35. The summed E-state index contributed by atoms with van der Waals surface area (Å²) in [5, 5.41) is 9.69. The molecule has 1 heterocycles. The van der Waals surface area contributed by atoms with Gasteiger partial charge >= 0.3 is 0 Å². The highest BCUT2D eigenvalue weighted by molar-refractivity contribution is 4.88. The van der Waals surface area contributed by atoms with Crippen LogP contribution in [0.2, 0.25) is 0 Å². The number of piperidine rings is 1. The summed E-state index contributed by atoms with van der Waals surface area (Å²) in [6, 6.07) is 0. The zero-order chi connectivity index (χ0) is 11.4. The van der Waals surface area contributed by atoms with Gasteiger partial charge in [0.25, 0.3) is 0 Å². The molecule has 2 rings (SSSR count). The van der Waals surface area contributed by atoms with E-state index in [9.17, 15) is 5.11 Å². The van der Waals surface area contributed by atoms with Crippen molar-refractivity contribution in [2.75, 3.05) is 26.2 Å². The average Bonchev–Trinajstić information content (AvgIpc) is 2.30. The zero-order valence-electron chi connectivity index (χ0n) is 10.3. The second-order valence-electron chi connectivity index (χ2n) is 5.80. The fourth-order valence-electron chi connectivity index (χ4n) is 3.38. The van der Waals surface area contributed by atoms with Gasteiger partial charge in [0.15, 0.2) is 0 Å². The maximum atomic E-state index is 9.69. The predicted molar refractivity (Wildman–Crippen MR) is 66.3 cm³/mol. The van der Waals surface area contributed by atoms with Gasteiger partial charge in [-0.15, -0.1) is 0 Å². The monoisotopic (exact) mass is 226 g/mol. The molecule has 1 saturated heterocycles. The topological polar surface area (TPSA) is 49.5 Å². The Bertz CT molecular complexity index is 214. The summed E-state index contributed by atoms with van der Waals surface area (Å²) in [7, 11) is 0. The van der Waals surface area contributed by atoms with E-state index in [-0.39, 0.29) is 6.10 Å². The van der Waals surface area contributed by atoms with Gasteiger partial charge in [0.05, 0.1) is 6.10 Å². The number of aliphatic hydroxyl groups is 1. The van der Waals surface area contributed by atoms with E-state index in [1.165, 1.54) is 32.1 Å². The highest BCUT2D eigenvalue weighted by Gasteiger charge is 2.33. The standard InChI is InChI=1S/C13H26N2O/c14-10-13(6-2-1-3-7-13)11-15-8-4-5-12(16)9-15/h12,16H,1-11,14H2. The number of hydrogen-bond donors (Lipinski definition) is 2. The quantitative estimate of drug-likeness (QED) is 0.764. The first-order chi connectivity index (χ1) is 7.74. The first kappa shape index (κ1) is 12.3. The van der Waals surface area contributed by atoms with Crippen LogP contribution in [-0.2, 0) is 0 Å². The molecule has 1 saturated carbocycles. The van der Waals surface area contributed by atoms with Crippen molar-refractivity contribution in [2.24, 2.45) is 11.1 Å². The van der Waals surface area contributed by atoms with Crippen molar-refractivity contribution in [2.45, 2.75) is 51.0 Å². The zero-order valence-corrected chi connectivity index (χ0v) is 10.3. The third-order valence-electron chi connectivity index (χ3n) is 4.39. The average molecular weight is 226 g/mol. The van der Waals surface area contributed by atoms with Crippen LogP contribution in [0.3, 0.4) is 0 Å². The molecule has 0 bridgehead atoms. The fraction of sp³-hybridized carbons (Fsp3) is 1.00. The largest absolute Gasteiger partial charge is 0.392 e. The molecule has 1 aliphatic heterocycles. The van der Waals surface area contributed by atoms with Crippen LogP contribution in [0, 0.1) is 5.41 Å². The lowest BCUT2D eigenvalue weighted by Crippen LogP contribution is -2.48. The molecule has 3 nitrogen and oxygen atoms in total. The summed E-state index contributed by atoms with van der Waals surface area (Å²) >= 11 is 0. The number of aliphatic hydroxyl groups excluding tert-OH is 1. The van der Waals surface area contributed by atoms with Crippen molar-refractivity contribution < 1.29 is 5.11 Å². The Hall–Kier alpha value is -0.120. The lowest BCUT2D eigenvalue weighted by atomic mass is 9.73. The van der Waals surface area contributed by atoms with E-state index < -0.39 is 0 Å². The molecule has 1 aliphatic carbocycles. The van der Waals surface area contributed by atoms with Gasteiger partial charge in [-0.05, 0) is 44.2 Å². The van der Waals surface area contributed by atoms with Gasteiger partial charge in [-0.3, -0.25) is 0 Å². The second-order valence-corrected chi connectivity index (χ2v) is 5.80. The second kappa shape index (κ2) is 5.48. The van der Waals surface area contributed by atoms with Gasteiger partial charge in [-0.1, -0.05) is 19.3 Å². The number of likely N-dealkylation sites (tertiary alicyclic amines) is 1. The number of rotatable bonds is 3. The molecular weight excluding hydrogens is 200 g/mol. The van der Waals surface area contributed by atoms with Crippen LogP contribution in [-0.4, -0.2) is 42.3 Å². The summed E-state index contributed by atoms with van der Waals surface area (Å²) in [5.41, 5.74) is 6.36. The molecule has 2 aliphatic rings. The maximum Gasteiger partial charge on any atom is 0.0667 e. The molecule has 3 N–H and O–H groups in total. The first-order valence-electron chi connectivity index (χ1n) is 6.85. The highest BCUT2D eigenvalue weighted by atomic mass is 16.3. The molecule has 2 fully saturated rings. The Morgan fingerprint density at radius 3 is 2.56 bits per heavy atom. The molecule has 0 amide bonds. The number of β-amino-alcohol motifs (C(OH)–C–C–N with tert-alkyl or cyclic N) is 1. The highest BCUT2D eigenvalue weighted by Crippen LogP contribution is 2.36. The van der Waals surface area contributed by atoms with Crippen molar-refractivity contribution >= 4 is 0 Å². The molecule has 3 heteroatoms. The van der Waals surface area contributed by atoms with E-state index in [4.69, 9.17) is 5.73 Å². The Morgan fingerprint density at radius 2 is 1.94 bits per heavy atom. The summed E-state index contributed by atoms with van der Waals surface area (Å²) < 4.78 is 0. The lowest BCUT2D eigenvalue weighted by Gasteiger charge is -2.42. The molecule has 1 unspecified atom stereocenters. The van der Waals surface area contributed by atoms with Gasteiger partial charge in [-0.2, -0.15) is 0 Å². The molecule has 0 aromatic carbocycles. The minimum absolute atomic E-state index is 0.104. The molecule has 0 aromatic heterocycles. The molecule has 94 valence electrons. The minimum Gasteiger partial charge on any atom is -0.392 e. The molecule has 16 heavy (non-hydrogen) atoms. The Labute approximate surface area is 99.0 Å². The summed E-state index contributed by atoms with van der Waals surface area (Å²) in [4.78, 5) is 2.44. The molecular formula is C13H26N2O.